The van der Waals surface area contributed by atoms with Gasteiger partial charge < -0.3 is 19.9 Å². The van der Waals surface area contributed by atoms with Gasteiger partial charge in [-0.05, 0) is 0 Å². The smallest absolute Gasteiger partial charge is 0.241 e. The van der Waals surface area contributed by atoms with Crippen molar-refractivity contribution in [3.8, 4) is 0 Å². The second-order valence-corrected chi connectivity index (χ2v) is 5.12. The number of nitrogens with two attached hydrogens (primary N) is 1. The molecular weight excluding hydrogens is 274 g/mol. The third kappa shape index (κ3) is 4.23. The lowest BCUT2D eigenvalue weighted by Gasteiger charge is -2.35. The lowest BCUT2D eigenvalue weighted by atomic mass is 10.2. The number of piperazine rings is 1. The fraction of sp³-hybridized carbons (Fsp3) is 0.769. The minimum absolute atomic E-state index is 0.0515. The lowest BCUT2D eigenvalue weighted by Crippen LogP contribution is -2.53. The summed E-state index contributed by atoms with van der Waals surface area (Å²) in [4.78, 5) is 20.3. The standard InChI is InChI=1S/C13H23N5O3/c1-3-12-15-11(16-21-12)8-17-4-6-18(7-5-17)13(19)10(14)9-20-2/h10H,3-9,14H2,1-2H3. The van der Waals surface area contributed by atoms with Crippen LogP contribution in [0.25, 0.3) is 0 Å². The number of hydrogen-bond donors (Lipinski definition) is 1. The number of hydrogen-bond acceptors (Lipinski definition) is 7. The van der Waals surface area contributed by atoms with E-state index in [2.05, 4.69) is 15.0 Å². The van der Waals surface area contributed by atoms with Crippen molar-refractivity contribution in [1.29, 1.82) is 0 Å². The van der Waals surface area contributed by atoms with Gasteiger partial charge in [-0.25, -0.2) is 0 Å². The number of ether oxygens (including phenoxy) is 1. The molecule has 1 aromatic rings. The topological polar surface area (TPSA) is 97.7 Å². The van der Waals surface area contributed by atoms with Crippen LogP contribution in [0, 0.1) is 0 Å². The Morgan fingerprint density at radius 3 is 2.71 bits per heavy atom. The maximum Gasteiger partial charge on any atom is 0.241 e. The highest BCUT2D eigenvalue weighted by Gasteiger charge is 2.25. The first kappa shape index (κ1) is 15.9. The van der Waals surface area contributed by atoms with Crippen molar-refractivity contribution in [1.82, 2.24) is 19.9 Å². The van der Waals surface area contributed by atoms with Gasteiger partial charge in [-0.15, -0.1) is 0 Å². The van der Waals surface area contributed by atoms with Gasteiger partial charge in [0, 0.05) is 39.7 Å². The molecule has 2 rings (SSSR count). The van der Waals surface area contributed by atoms with E-state index in [-0.39, 0.29) is 12.5 Å². The summed E-state index contributed by atoms with van der Waals surface area (Å²) in [5, 5.41) is 3.94. The summed E-state index contributed by atoms with van der Waals surface area (Å²) in [6.45, 7) is 5.76. The predicted octanol–water partition coefficient (Wildman–Crippen LogP) is -0.750. The van der Waals surface area contributed by atoms with Crippen LogP contribution in [0.15, 0.2) is 4.52 Å². The molecule has 0 aromatic carbocycles. The maximum absolute atomic E-state index is 12.1. The Bertz CT molecular complexity index is 456. The molecule has 8 nitrogen and oxygen atoms in total. The van der Waals surface area contributed by atoms with E-state index in [0.717, 1.165) is 19.5 Å². The summed E-state index contributed by atoms with van der Waals surface area (Å²) >= 11 is 0. The monoisotopic (exact) mass is 297 g/mol. The Morgan fingerprint density at radius 1 is 1.43 bits per heavy atom. The van der Waals surface area contributed by atoms with Gasteiger partial charge in [0.05, 0.1) is 13.2 Å². The molecule has 1 amide bonds. The first-order chi connectivity index (χ1) is 10.1. The van der Waals surface area contributed by atoms with Gasteiger partial charge in [-0.3, -0.25) is 9.69 Å². The number of nitrogens with zero attached hydrogens (tertiary/aromatic N) is 4. The van der Waals surface area contributed by atoms with Crippen LogP contribution < -0.4 is 5.73 Å². The zero-order valence-electron chi connectivity index (χ0n) is 12.6. The Labute approximate surface area is 124 Å². The zero-order chi connectivity index (χ0) is 15.2. The molecule has 1 saturated heterocycles. The van der Waals surface area contributed by atoms with Crippen LogP contribution in [0.3, 0.4) is 0 Å². The molecule has 0 spiro atoms. The van der Waals surface area contributed by atoms with Crippen molar-refractivity contribution in [2.45, 2.75) is 25.9 Å². The number of aromatic nitrogens is 2. The minimum atomic E-state index is -0.578. The summed E-state index contributed by atoms with van der Waals surface area (Å²) in [5.74, 6) is 1.30. The van der Waals surface area contributed by atoms with Gasteiger partial charge in [-0.2, -0.15) is 4.98 Å². The fourth-order valence-corrected chi connectivity index (χ4v) is 2.31. The molecule has 2 N–H and O–H groups in total. The van der Waals surface area contributed by atoms with Crippen molar-refractivity contribution in [3.63, 3.8) is 0 Å². The molecule has 2 heterocycles. The SMILES string of the molecule is CCc1nc(CN2CCN(C(=O)C(N)COC)CC2)no1. The average Bonchev–Trinajstić information content (AvgIpc) is 2.95. The van der Waals surface area contributed by atoms with E-state index in [1.54, 1.807) is 12.0 Å². The molecule has 0 aliphatic carbocycles. The number of aryl methyl sites for hydroxylation is 1. The van der Waals surface area contributed by atoms with Crippen LogP contribution in [-0.4, -0.2) is 71.8 Å². The summed E-state index contributed by atoms with van der Waals surface area (Å²) < 4.78 is 10.0. The van der Waals surface area contributed by atoms with Crippen LogP contribution in [0.5, 0.6) is 0 Å². The van der Waals surface area contributed by atoms with Crippen LogP contribution in [-0.2, 0) is 22.5 Å². The average molecular weight is 297 g/mol. The number of amides is 1. The molecule has 21 heavy (non-hydrogen) atoms. The number of carbonyl (C=O) groups is 1. The molecule has 0 saturated carbocycles. The van der Waals surface area contributed by atoms with Gasteiger partial charge in [0.15, 0.2) is 5.82 Å². The first-order valence-corrected chi connectivity index (χ1v) is 7.21. The van der Waals surface area contributed by atoms with E-state index >= 15 is 0 Å². The second-order valence-electron chi connectivity index (χ2n) is 5.12. The summed E-state index contributed by atoms with van der Waals surface area (Å²) in [7, 11) is 1.54. The van der Waals surface area contributed by atoms with Gasteiger partial charge in [0.2, 0.25) is 11.8 Å². The number of rotatable bonds is 6. The van der Waals surface area contributed by atoms with Crippen molar-refractivity contribution in [2.24, 2.45) is 5.73 Å². The van der Waals surface area contributed by atoms with Crippen molar-refractivity contribution >= 4 is 5.91 Å². The fourth-order valence-electron chi connectivity index (χ4n) is 2.31. The minimum Gasteiger partial charge on any atom is -0.383 e. The molecule has 1 aromatic heterocycles. The quantitative estimate of drug-likeness (QED) is 0.737. The van der Waals surface area contributed by atoms with Crippen molar-refractivity contribution in [3.05, 3.63) is 11.7 Å². The Morgan fingerprint density at radius 2 is 2.14 bits per heavy atom. The summed E-state index contributed by atoms with van der Waals surface area (Å²) in [5.41, 5.74) is 5.77. The van der Waals surface area contributed by atoms with Gasteiger partial charge in [-0.1, -0.05) is 12.1 Å². The van der Waals surface area contributed by atoms with Gasteiger partial charge in [0.1, 0.15) is 6.04 Å². The first-order valence-electron chi connectivity index (χ1n) is 7.21. The Hall–Kier alpha value is -1.51. The van der Waals surface area contributed by atoms with Gasteiger partial charge >= 0.3 is 0 Å². The Kier molecular flexibility index (Phi) is 5.66. The maximum atomic E-state index is 12.1. The molecule has 0 bridgehead atoms. The third-order valence-corrected chi connectivity index (χ3v) is 3.53. The van der Waals surface area contributed by atoms with E-state index < -0.39 is 6.04 Å². The second kappa shape index (κ2) is 7.48. The number of carbonyl (C=O) groups excluding carboxylic acids is 1. The largest absolute Gasteiger partial charge is 0.383 e. The van der Waals surface area contributed by atoms with Crippen molar-refractivity contribution < 1.29 is 14.1 Å². The predicted molar refractivity (Wildman–Crippen MR) is 75.4 cm³/mol. The highest BCUT2D eigenvalue weighted by atomic mass is 16.5. The normalized spacial score (nSPS) is 18.0. The molecule has 1 unspecified atom stereocenters. The van der Waals surface area contributed by atoms with Gasteiger partial charge in [0.25, 0.3) is 0 Å². The van der Waals surface area contributed by atoms with E-state index in [1.807, 2.05) is 6.92 Å². The summed E-state index contributed by atoms with van der Waals surface area (Å²) in [6.07, 6.45) is 0.743. The Balaban J connectivity index is 1.79. The zero-order valence-corrected chi connectivity index (χ0v) is 12.6. The molecule has 0 radical (unpaired) electrons. The van der Waals surface area contributed by atoms with Crippen LogP contribution in [0.1, 0.15) is 18.6 Å². The summed E-state index contributed by atoms with van der Waals surface area (Å²) in [6, 6.07) is -0.578. The molecule has 8 heteroatoms. The third-order valence-electron chi connectivity index (χ3n) is 3.53. The van der Waals surface area contributed by atoms with Crippen LogP contribution >= 0.6 is 0 Å². The van der Waals surface area contributed by atoms with E-state index in [9.17, 15) is 4.79 Å². The highest BCUT2D eigenvalue weighted by molar-refractivity contribution is 5.81. The molecule has 1 aliphatic rings. The molecule has 1 fully saturated rings. The van der Waals surface area contributed by atoms with E-state index in [4.69, 9.17) is 15.0 Å². The number of methoxy groups -OCH3 is 1. The van der Waals surface area contributed by atoms with E-state index in [1.165, 1.54) is 0 Å². The highest BCUT2D eigenvalue weighted by Crippen LogP contribution is 2.08. The molecule has 1 atom stereocenters. The van der Waals surface area contributed by atoms with Crippen molar-refractivity contribution in [2.75, 3.05) is 39.9 Å². The van der Waals surface area contributed by atoms with E-state index in [0.29, 0.717) is 31.3 Å². The van der Waals surface area contributed by atoms with Crippen LogP contribution in [0.2, 0.25) is 0 Å². The molecule has 118 valence electrons. The molecule has 1 aliphatic heterocycles. The molecular formula is C13H23N5O3. The lowest BCUT2D eigenvalue weighted by molar-refractivity contribution is -0.135. The van der Waals surface area contributed by atoms with Crippen LogP contribution in [0.4, 0.5) is 0 Å².